The molecule has 2 heterocycles. The van der Waals surface area contributed by atoms with Gasteiger partial charge in [-0.25, -0.2) is 4.79 Å². The highest BCUT2D eigenvalue weighted by molar-refractivity contribution is 6.12. The standard InChI is InChI=1S/C23H25NO3.C7H6O3/c1-25-15-6-7-16-18(10-15)20-12-23(27-3)22(26-2)11-19(20)17-9-14-5-4-8-24(14)13-21(16)17;8-6-4-2-1-3-5(6)7(9)10/h6-7,10-12,14H,4-5,8-9,13H2,1-3H3;1-4,8H,(H,9,10). The summed E-state index contributed by atoms with van der Waals surface area (Å²) in [6.45, 7) is 2.25. The van der Waals surface area contributed by atoms with Gasteiger partial charge >= 0.3 is 5.97 Å². The number of nitrogens with zero attached hydrogens (tertiary/aromatic N) is 1. The molecule has 0 spiro atoms. The summed E-state index contributed by atoms with van der Waals surface area (Å²) in [6.07, 6.45) is 3.72. The van der Waals surface area contributed by atoms with Crippen LogP contribution in [0.5, 0.6) is 23.0 Å². The van der Waals surface area contributed by atoms with Gasteiger partial charge in [0.25, 0.3) is 0 Å². The molecule has 2 N–H and O–H groups in total. The Morgan fingerprint density at radius 1 is 0.865 bits per heavy atom. The van der Waals surface area contributed by atoms with Gasteiger partial charge in [0, 0.05) is 12.6 Å². The van der Waals surface area contributed by atoms with Gasteiger partial charge in [-0.2, -0.15) is 0 Å². The van der Waals surface area contributed by atoms with Crippen molar-refractivity contribution in [1.29, 1.82) is 0 Å². The predicted molar refractivity (Wildman–Crippen MR) is 143 cm³/mol. The number of hydrogen-bond donors (Lipinski definition) is 2. The molecule has 192 valence electrons. The number of ether oxygens (including phenoxy) is 3. The molecular formula is C30H31NO6. The molecule has 2 aliphatic rings. The lowest BCUT2D eigenvalue weighted by atomic mass is 9.85. The lowest BCUT2D eigenvalue weighted by Gasteiger charge is -2.33. The Kier molecular flexibility index (Phi) is 6.80. The number of carbonyl (C=O) groups is 1. The number of carboxylic acids is 1. The second-order valence-electron chi connectivity index (χ2n) is 9.41. The fourth-order valence-corrected chi connectivity index (χ4v) is 5.65. The maximum absolute atomic E-state index is 10.3. The molecule has 7 nitrogen and oxygen atoms in total. The Morgan fingerprint density at radius 3 is 2.22 bits per heavy atom. The van der Waals surface area contributed by atoms with E-state index in [1.807, 2.05) is 0 Å². The Bertz CT molecular complexity index is 1480. The van der Waals surface area contributed by atoms with Gasteiger partial charge in [0.15, 0.2) is 11.5 Å². The number of aromatic carboxylic acids is 1. The minimum atomic E-state index is -1.11. The molecule has 0 saturated carbocycles. The molecular weight excluding hydrogens is 470 g/mol. The van der Waals surface area contributed by atoms with Crippen LogP contribution in [0.4, 0.5) is 0 Å². The third-order valence-electron chi connectivity index (χ3n) is 7.49. The number of rotatable bonds is 4. The van der Waals surface area contributed by atoms with Crippen LogP contribution in [0.15, 0.2) is 54.6 Å². The molecule has 1 atom stereocenters. The van der Waals surface area contributed by atoms with Gasteiger partial charge < -0.3 is 24.4 Å². The van der Waals surface area contributed by atoms with Crippen LogP contribution in [0.1, 0.15) is 34.3 Å². The summed E-state index contributed by atoms with van der Waals surface area (Å²) in [5.41, 5.74) is 2.87. The van der Waals surface area contributed by atoms with Crippen molar-refractivity contribution in [2.45, 2.75) is 31.8 Å². The van der Waals surface area contributed by atoms with Crippen molar-refractivity contribution in [3.63, 3.8) is 0 Å². The molecule has 2 aliphatic heterocycles. The number of fused-ring (bicyclic) bond motifs is 7. The van der Waals surface area contributed by atoms with E-state index in [1.54, 1.807) is 33.5 Å². The van der Waals surface area contributed by atoms with Crippen molar-refractivity contribution in [2.75, 3.05) is 27.9 Å². The SMILES string of the molecule is COc1ccc2c3c(c4cc(OC)c(OC)cc4c2c1)CC1CCCN1C3.O=C(O)c1ccccc1O. The zero-order chi connectivity index (χ0) is 26.1. The molecule has 0 radical (unpaired) electrons. The normalized spacial score (nSPS) is 16.5. The number of para-hydroxylation sites is 1. The molecule has 0 aromatic heterocycles. The first kappa shape index (κ1) is 24.7. The van der Waals surface area contributed by atoms with Crippen molar-refractivity contribution < 1.29 is 29.2 Å². The number of carboxylic acid groups (broad SMARTS) is 1. The number of benzene rings is 4. The number of phenols is 1. The third-order valence-corrected chi connectivity index (χ3v) is 7.49. The summed E-state index contributed by atoms with van der Waals surface area (Å²) in [5.74, 6) is 1.14. The summed E-state index contributed by atoms with van der Waals surface area (Å²) in [4.78, 5) is 12.9. The van der Waals surface area contributed by atoms with Crippen LogP contribution in [0.25, 0.3) is 21.5 Å². The van der Waals surface area contributed by atoms with Gasteiger partial charge in [-0.3, -0.25) is 4.90 Å². The molecule has 1 saturated heterocycles. The molecule has 4 aromatic carbocycles. The van der Waals surface area contributed by atoms with Crippen LogP contribution in [0.3, 0.4) is 0 Å². The first-order valence-corrected chi connectivity index (χ1v) is 12.4. The topological polar surface area (TPSA) is 88.5 Å². The highest BCUT2D eigenvalue weighted by Gasteiger charge is 2.32. The van der Waals surface area contributed by atoms with Crippen molar-refractivity contribution in [3.05, 3.63) is 71.3 Å². The van der Waals surface area contributed by atoms with Gasteiger partial charge in [0.1, 0.15) is 17.1 Å². The lowest BCUT2D eigenvalue weighted by Crippen LogP contribution is -2.35. The summed E-state index contributed by atoms with van der Waals surface area (Å²) in [5, 5.41) is 22.4. The second kappa shape index (κ2) is 10.2. The zero-order valence-corrected chi connectivity index (χ0v) is 21.3. The quantitative estimate of drug-likeness (QED) is 0.350. The van der Waals surface area contributed by atoms with Gasteiger partial charge in [-0.1, -0.05) is 18.2 Å². The van der Waals surface area contributed by atoms with E-state index in [2.05, 4.69) is 35.2 Å². The van der Waals surface area contributed by atoms with Gasteiger partial charge in [0.05, 0.1) is 21.3 Å². The number of methoxy groups -OCH3 is 3. The molecule has 7 heteroatoms. The van der Waals surface area contributed by atoms with E-state index >= 15 is 0 Å². The Morgan fingerprint density at radius 2 is 1.57 bits per heavy atom. The molecule has 0 aliphatic carbocycles. The highest BCUT2D eigenvalue weighted by atomic mass is 16.5. The van der Waals surface area contributed by atoms with E-state index in [9.17, 15) is 4.79 Å². The fraction of sp³-hybridized carbons (Fsp3) is 0.300. The van der Waals surface area contributed by atoms with E-state index in [-0.39, 0.29) is 11.3 Å². The highest BCUT2D eigenvalue weighted by Crippen LogP contribution is 2.44. The maximum atomic E-state index is 10.3. The van der Waals surface area contributed by atoms with Crippen molar-refractivity contribution >= 4 is 27.5 Å². The fourth-order valence-electron chi connectivity index (χ4n) is 5.65. The van der Waals surface area contributed by atoms with Crippen molar-refractivity contribution in [3.8, 4) is 23.0 Å². The molecule has 37 heavy (non-hydrogen) atoms. The predicted octanol–water partition coefficient (Wildman–Crippen LogP) is 5.63. The van der Waals surface area contributed by atoms with Crippen LogP contribution >= 0.6 is 0 Å². The van der Waals surface area contributed by atoms with E-state index < -0.39 is 5.97 Å². The third kappa shape index (κ3) is 4.51. The molecule has 0 bridgehead atoms. The largest absolute Gasteiger partial charge is 0.507 e. The van der Waals surface area contributed by atoms with Crippen LogP contribution in [0.2, 0.25) is 0 Å². The first-order valence-electron chi connectivity index (χ1n) is 12.4. The monoisotopic (exact) mass is 501 g/mol. The van der Waals surface area contributed by atoms with E-state index in [0.717, 1.165) is 30.2 Å². The first-order chi connectivity index (χ1) is 17.9. The summed E-state index contributed by atoms with van der Waals surface area (Å²) in [7, 11) is 5.13. The average Bonchev–Trinajstić information content (AvgIpc) is 3.39. The average molecular weight is 502 g/mol. The maximum Gasteiger partial charge on any atom is 0.339 e. The molecule has 1 fully saturated rings. The Labute approximate surface area is 215 Å². The van der Waals surface area contributed by atoms with E-state index in [1.165, 1.54) is 64.2 Å². The minimum Gasteiger partial charge on any atom is -0.507 e. The zero-order valence-electron chi connectivity index (χ0n) is 21.3. The van der Waals surface area contributed by atoms with E-state index in [0.29, 0.717) is 6.04 Å². The smallest absolute Gasteiger partial charge is 0.339 e. The lowest BCUT2D eigenvalue weighted by molar-refractivity contribution is 0.0693. The summed E-state index contributed by atoms with van der Waals surface area (Å²) >= 11 is 0. The van der Waals surface area contributed by atoms with Crippen LogP contribution in [0, 0.1) is 0 Å². The van der Waals surface area contributed by atoms with Crippen LogP contribution in [-0.2, 0) is 13.0 Å². The number of aromatic hydroxyl groups is 1. The molecule has 4 aromatic rings. The van der Waals surface area contributed by atoms with Crippen molar-refractivity contribution in [1.82, 2.24) is 4.90 Å². The number of hydrogen-bond acceptors (Lipinski definition) is 6. The van der Waals surface area contributed by atoms with Gasteiger partial charge in [-0.05, 0) is 94.9 Å². The minimum absolute atomic E-state index is 0.0671. The summed E-state index contributed by atoms with van der Waals surface area (Å²) in [6, 6.07) is 17.2. The van der Waals surface area contributed by atoms with E-state index in [4.69, 9.17) is 24.4 Å². The van der Waals surface area contributed by atoms with Crippen molar-refractivity contribution in [2.24, 2.45) is 0 Å². The second-order valence-corrected chi connectivity index (χ2v) is 9.41. The van der Waals surface area contributed by atoms with Crippen LogP contribution < -0.4 is 14.2 Å². The molecule has 1 unspecified atom stereocenters. The Balaban J connectivity index is 0.000000237. The molecule has 0 amide bonds. The summed E-state index contributed by atoms with van der Waals surface area (Å²) < 4.78 is 16.7. The van der Waals surface area contributed by atoms with Gasteiger partial charge in [0.2, 0.25) is 0 Å². The van der Waals surface area contributed by atoms with Gasteiger partial charge in [-0.15, -0.1) is 0 Å². The molecule has 6 rings (SSSR count). The van der Waals surface area contributed by atoms with Crippen LogP contribution in [-0.4, -0.2) is 55.0 Å². The Hall–Kier alpha value is -3.97.